The molecule has 7 nitrogen and oxygen atoms in total. The minimum atomic E-state index is -0.923. The molecule has 1 aliphatic heterocycles. The fraction of sp³-hybridized carbons (Fsp3) is 0.444. The number of carboxylic acids is 1. The number of thioether (sulfide) groups is 1. The molecule has 1 unspecified atom stereocenters. The number of hydrogen-bond donors (Lipinski definition) is 3. The molecule has 2 aromatic rings. The van der Waals surface area contributed by atoms with Gasteiger partial charge in [-0.25, -0.2) is 4.79 Å². The summed E-state index contributed by atoms with van der Waals surface area (Å²) in [5.41, 5.74) is 3.94. The van der Waals surface area contributed by atoms with Crippen LogP contribution in [0.4, 0.5) is 4.79 Å². The Balaban J connectivity index is 1.39. The molecule has 0 spiro atoms. The zero-order valence-electron chi connectivity index (χ0n) is 19.9. The molecule has 2 aliphatic rings. The minimum absolute atomic E-state index is 0.0312. The van der Waals surface area contributed by atoms with Crippen LogP contribution in [0.15, 0.2) is 48.5 Å². The molecule has 2 amide bonds. The van der Waals surface area contributed by atoms with Gasteiger partial charge in [-0.15, -0.1) is 0 Å². The van der Waals surface area contributed by atoms with Crippen LogP contribution >= 0.6 is 11.8 Å². The molecule has 2 aromatic carbocycles. The van der Waals surface area contributed by atoms with Gasteiger partial charge in [0.2, 0.25) is 5.91 Å². The van der Waals surface area contributed by atoms with Crippen LogP contribution in [0.25, 0.3) is 11.1 Å². The van der Waals surface area contributed by atoms with E-state index in [0.29, 0.717) is 19.3 Å². The highest BCUT2D eigenvalue weighted by atomic mass is 32.2. The second kappa shape index (κ2) is 11.2. The van der Waals surface area contributed by atoms with Crippen molar-refractivity contribution < 1.29 is 24.2 Å². The average Bonchev–Trinajstić information content (AvgIpc) is 3.17. The lowest BCUT2D eigenvalue weighted by atomic mass is 9.88. The third-order valence-corrected chi connectivity index (χ3v) is 8.03. The number of aliphatic carboxylic acids is 1. The molecule has 0 bridgehead atoms. The first-order valence-corrected chi connectivity index (χ1v) is 13.3. The number of benzene rings is 2. The molecule has 186 valence electrons. The number of carbonyl (C=O) groups is 3. The summed E-state index contributed by atoms with van der Waals surface area (Å²) in [6.07, 6.45) is 1.34. The molecule has 1 aliphatic carbocycles. The van der Waals surface area contributed by atoms with E-state index in [2.05, 4.69) is 34.9 Å². The van der Waals surface area contributed by atoms with Crippen molar-refractivity contribution in [3.63, 3.8) is 0 Å². The van der Waals surface area contributed by atoms with Crippen LogP contribution in [0, 0.1) is 5.92 Å². The Morgan fingerprint density at radius 1 is 1.06 bits per heavy atom. The van der Waals surface area contributed by atoms with E-state index in [1.807, 2.05) is 24.3 Å². The maximum Gasteiger partial charge on any atom is 0.407 e. The van der Waals surface area contributed by atoms with Gasteiger partial charge in [-0.1, -0.05) is 55.5 Å². The van der Waals surface area contributed by atoms with Crippen LogP contribution in [-0.4, -0.2) is 53.3 Å². The van der Waals surface area contributed by atoms with Gasteiger partial charge in [-0.05, 0) is 53.0 Å². The third kappa shape index (κ3) is 5.81. The molecule has 1 saturated heterocycles. The second-order valence-corrected chi connectivity index (χ2v) is 10.5. The summed E-state index contributed by atoms with van der Waals surface area (Å²) in [4.78, 5) is 36.9. The van der Waals surface area contributed by atoms with Crippen LogP contribution in [0.2, 0.25) is 0 Å². The van der Waals surface area contributed by atoms with Crippen molar-refractivity contribution in [1.29, 1.82) is 0 Å². The topological polar surface area (TPSA) is 105 Å². The predicted molar refractivity (Wildman–Crippen MR) is 137 cm³/mol. The van der Waals surface area contributed by atoms with Gasteiger partial charge in [-0.3, -0.25) is 9.59 Å². The quantitative estimate of drug-likeness (QED) is 0.475. The Kier molecular flexibility index (Phi) is 8.00. The Morgan fingerprint density at radius 3 is 2.23 bits per heavy atom. The molecule has 1 atom stereocenters. The number of carbonyl (C=O) groups excluding carboxylic acids is 2. The van der Waals surface area contributed by atoms with Crippen molar-refractivity contribution in [1.82, 2.24) is 10.6 Å². The zero-order valence-corrected chi connectivity index (χ0v) is 20.7. The fourth-order valence-corrected chi connectivity index (χ4v) is 6.25. The van der Waals surface area contributed by atoms with Crippen LogP contribution in [-0.2, 0) is 14.3 Å². The molecule has 35 heavy (non-hydrogen) atoms. The van der Waals surface area contributed by atoms with Gasteiger partial charge in [0.05, 0.1) is 11.5 Å². The van der Waals surface area contributed by atoms with Crippen molar-refractivity contribution >= 4 is 29.7 Å². The van der Waals surface area contributed by atoms with Crippen molar-refractivity contribution in [3.8, 4) is 11.1 Å². The van der Waals surface area contributed by atoms with E-state index >= 15 is 0 Å². The number of alkyl carbamates (subject to hydrolysis) is 1. The van der Waals surface area contributed by atoms with E-state index < -0.39 is 23.5 Å². The summed E-state index contributed by atoms with van der Waals surface area (Å²) in [6, 6.07) is 16.4. The largest absolute Gasteiger partial charge is 0.481 e. The van der Waals surface area contributed by atoms with Gasteiger partial charge in [0.25, 0.3) is 0 Å². The summed E-state index contributed by atoms with van der Waals surface area (Å²) in [5.74, 6) is -0.153. The lowest BCUT2D eigenvalue weighted by molar-refractivity contribution is -0.141. The number of amides is 2. The monoisotopic (exact) mass is 496 g/mol. The molecule has 0 saturated carbocycles. The first kappa shape index (κ1) is 25.1. The zero-order chi connectivity index (χ0) is 24.8. The molecule has 1 fully saturated rings. The Morgan fingerprint density at radius 2 is 1.66 bits per heavy atom. The molecule has 0 radical (unpaired) electrons. The Bertz CT molecular complexity index is 1040. The molecule has 8 heteroatoms. The lowest BCUT2D eigenvalue weighted by Gasteiger charge is -2.37. The Labute approximate surface area is 210 Å². The van der Waals surface area contributed by atoms with Crippen molar-refractivity contribution in [2.24, 2.45) is 5.92 Å². The van der Waals surface area contributed by atoms with Crippen molar-refractivity contribution in [2.45, 2.75) is 44.1 Å². The van der Waals surface area contributed by atoms with Crippen LogP contribution in [0.1, 0.15) is 49.7 Å². The third-order valence-electron chi connectivity index (χ3n) is 7.05. The van der Waals surface area contributed by atoms with E-state index in [1.54, 1.807) is 18.7 Å². The molecule has 0 aromatic heterocycles. The maximum atomic E-state index is 12.9. The van der Waals surface area contributed by atoms with E-state index in [4.69, 9.17) is 4.74 Å². The van der Waals surface area contributed by atoms with Crippen LogP contribution in [0.5, 0.6) is 0 Å². The average molecular weight is 497 g/mol. The molecule has 1 heterocycles. The molecule has 4 rings (SSSR count). The number of ether oxygens (including phenoxy) is 1. The van der Waals surface area contributed by atoms with Crippen molar-refractivity contribution in [3.05, 3.63) is 59.7 Å². The number of carboxylic acid groups (broad SMARTS) is 1. The maximum absolute atomic E-state index is 12.9. The fourth-order valence-electron chi connectivity index (χ4n) is 4.97. The highest BCUT2D eigenvalue weighted by molar-refractivity contribution is 7.99. The number of rotatable bonds is 9. The van der Waals surface area contributed by atoms with Gasteiger partial charge in [0.15, 0.2) is 0 Å². The molecular formula is C27H32N2O5S. The van der Waals surface area contributed by atoms with E-state index in [-0.39, 0.29) is 31.4 Å². The molecular weight excluding hydrogens is 464 g/mol. The summed E-state index contributed by atoms with van der Waals surface area (Å²) in [7, 11) is 0. The summed E-state index contributed by atoms with van der Waals surface area (Å²) >= 11 is 1.79. The van der Waals surface area contributed by atoms with E-state index in [9.17, 15) is 19.5 Å². The van der Waals surface area contributed by atoms with E-state index in [1.165, 1.54) is 11.1 Å². The summed E-state index contributed by atoms with van der Waals surface area (Å²) in [5, 5.41) is 15.0. The van der Waals surface area contributed by atoms with Crippen LogP contribution in [0.3, 0.4) is 0 Å². The first-order valence-electron chi connectivity index (χ1n) is 12.1. The highest BCUT2D eigenvalue weighted by Crippen LogP contribution is 2.44. The lowest BCUT2D eigenvalue weighted by Crippen LogP contribution is -2.54. The smallest absolute Gasteiger partial charge is 0.407 e. The number of fused-ring (bicyclic) bond motifs is 3. The summed E-state index contributed by atoms with van der Waals surface area (Å²) in [6.45, 7) is 2.08. The van der Waals surface area contributed by atoms with Gasteiger partial charge in [-0.2, -0.15) is 11.8 Å². The van der Waals surface area contributed by atoms with Gasteiger partial charge >= 0.3 is 12.1 Å². The molecule has 3 N–H and O–H groups in total. The van der Waals surface area contributed by atoms with Crippen LogP contribution < -0.4 is 10.6 Å². The normalized spacial score (nSPS) is 17.1. The van der Waals surface area contributed by atoms with Gasteiger partial charge in [0, 0.05) is 18.9 Å². The summed E-state index contributed by atoms with van der Waals surface area (Å²) < 4.78 is 5.73. The van der Waals surface area contributed by atoms with Gasteiger partial charge in [0.1, 0.15) is 6.61 Å². The van der Waals surface area contributed by atoms with Gasteiger partial charge < -0.3 is 20.5 Å². The first-order chi connectivity index (χ1) is 16.9. The van der Waals surface area contributed by atoms with E-state index in [0.717, 1.165) is 22.6 Å². The minimum Gasteiger partial charge on any atom is -0.481 e. The standard InChI is InChI=1S/C27H32N2O5S/c1-2-18(25(31)32)16-28-24(30)15-27(11-13-35-14-12-27)29-26(33)34-17-23-21-9-5-3-7-19(21)20-8-4-6-10-22(20)23/h3-10,18,23H,2,11-17H2,1H3,(H,28,30)(H,29,33)(H,31,32). The predicted octanol–water partition coefficient (Wildman–Crippen LogP) is 4.41. The Hall–Kier alpha value is -3.00. The number of hydrogen-bond acceptors (Lipinski definition) is 5. The number of nitrogens with one attached hydrogen (secondary N) is 2. The van der Waals surface area contributed by atoms with Crippen molar-refractivity contribution in [2.75, 3.05) is 24.7 Å². The highest BCUT2D eigenvalue weighted by Gasteiger charge is 2.37. The SMILES string of the molecule is CCC(CNC(=O)CC1(NC(=O)OCC2c3ccccc3-c3ccccc32)CCSCC1)C(=O)O. The second-order valence-electron chi connectivity index (χ2n) is 9.27.